The smallest absolute Gasteiger partial charge is 0.237 e. The molecule has 0 bridgehead atoms. The zero-order valence-corrected chi connectivity index (χ0v) is 12.9. The molecule has 0 aliphatic carbocycles. The van der Waals surface area contributed by atoms with Crippen LogP contribution in [0.1, 0.15) is 33.3 Å². The molecular weight excluding hydrogens is 252 g/mol. The minimum absolute atomic E-state index is 0.0121. The van der Waals surface area contributed by atoms with E-state index in [-0.39, 0.29) is 24.1 Å². The van der Waals surface area contributed by atoms with Crippen LogP contribution in [0, 0.1) is 0 Å². The van der Waals surface area contributed by atoms with E-state index in [2.05, 4.69) is 5.32 Å². The van der Waals surface area contributed by atoms with Gasteiger partial charge in [-0.3, -0.25) is 9.69 Å². The third-order valence-corrected chi connectivity index (χ3v) is 3.04. The Hall–Kier alpha value is -1.39. The first kappa shape index (κ1) is 16.7. The molecule has 0 radical (unpaired) electrons. The summed E-state index contributed by atoms with van der Waals surface area (Å²) in [7, 11) is 0. The van der Waals surface area contributed by atoms with Crippen LogP contribution in [-0.2, 0) is 11.3 Å². The number of amides is 1. The van der Waals surface area contributed by atoms with Crippen LogP contribution in [-0.4, -0.2) is 40.6 Å². The van der Waals surface area contributed by atoms with Gasteiger partial charge in [0.2, 0.25) is 5.91 Å². The van der Waals surface area contributed by atoms with Crippen molar-refractivity contribution >= 4 is 5.91 Å². The van der Waals surface area contributed by atoms with Crippen molar-refractivity contribution in [2.24, 2.45) is 0 Å². The highest BCUT2D eigenvalue weighted by molar-refractivity contribution is 5.81. The van der Waals surface area contributed by atoms with Gasteiger partial charge in [0.15, 0.2) is 0 Å². The first-order valence-corrected chi connectivity index (χ1v) is 7.04. The lowest BCUT2D eigenvalue weighted by molar-refractivity contribution is -0.127. The number of aliphatic hydroxyl groups excluding tert-OH is 1. The number of benzene rings is 1. The summed E-state index contributed by atoms with van der Waals surface area (Å²) in [6, 6.07) is 9.70. The predicted octanol–water partition coefficient (Wildman–Crippen LogP) is 1.78. The van der Waals surface area contributed by atoms with E-state index in [9.17, 15) is 9.90 Å². The molecule has 0 aromatic heterocycles. The number of aliphatic hydroxyl groups is 1. The highest BCUT2D eigenvalue weighted by Gasteiger charge is 2.24. The molecule has 1 amide bonds. The Labute approximate surface area is 121 Å². The van der Waals surface area contributed by atoms with E-state index in [1.54, 1.807) is 0 Å². The van der Waals surface area contributed by atoms with E-state index in [1.807, 2.05) is 62.9 Å². The van der Waals surface area contributed by atoms with Gasteiger partial charge < -0.3 is 10.4 Å². The molecule has 0 aliphatic heterocycles. The number of rotatable bonds is 6. The third kappa shape index (κ3) is 5.72. The van der Waals surface area contributed by atoms with E-state index in [0.717, 1.165) is 5.56 Å². The summed E-state index contributed by atoms with van der Waals surface area (Å²) in [4.78, 5) is 14.2. The van der Waals surface area contributed by atoms with Gasteiger partial charge in [0.25, 0.3) is 0 Å². The van der Waals surface area contributed by atoms with Gasteiger partial charge in [-0.2, -0.15) is 0 Å². The molecule has 1 rings (SSSR count). The fourth-order valence-electron chi connectivity index (χ4n) is 2.00. The van der Waals surface area contributed by atoms with Crippen molar-refractivity contribution in [3.8, 4) is 0 Å². The highest BCUT2D eigenvalue weighted by atomic mass is 16.3. The quantitative estimate of drug-likeness (QED) is 0.834. The van der Waals surface area contributed by atoms with E-state index in [4.69, 9.17) is 0 Å². The molecule has 20 heavy (non-hydrogen) atoms. The van der Waals surface area contributed by atoms with Crippen molar-refractivity contribution in [3.63, 3.8) is 0 Å². The molecular formula is C16H26N2O2. The number of hydrogen-bond acceptors (Lipinski definition) is 3. The Morgan fingerprint density at radius 3 is 2.40 bits per heavy atom. The molecule has 112 valence electrons. The van der Waals surface area contributed by atoms with Crippen LogP contribution in [0.25, 0.3) is 0 Å². The predicted molar refractivity (Wildman–Crippen MR) is 81.3 cm³/mol. The van der Waals surface area contributed by atoms with Gasteiger partial charge in [-0.1, -0.05) is 30.3 Å². The summed E-state index contributed by atoms with van der Waals surface area (Å²) in [6.45, 7) is 8.94. The summed E-state index contributed by atoms with van der Waals surface area (Å²) < 4.78 is 0. The van der Waals surface area contributed by atoms with E-state index in [1.165, 1.54) is 0 Å². The van der Waals surface area contributed by atoms with Crippen LogP contribution < -0.4 is 5.32 Å². The first-order valence-electron chi connectivity index (χ1n) is 7.04. The monoisotopic (exact) mass is 278 g/mol. The average molecular weight is 278 g/mol. The maximum atomic E-state index is 12.2. The normalized spacial score (nSPS) is 13.3. The van der Waals surface area contributed by atoms with Crippen molar-refractivity contribution in [1.29, 1.82) is 0 Å². The molecule has 1 atom stereocenters. The minimum atomic E-state index is -0.276. The second-order valence-corrected chi connectivity index (χ2v) is 6.09. The minimum Gasteiger partial charge on any atom is -0.395 e. The highest BCUT2D eigenvalue weighted by Crippen LogP contribution is 2.09. The topological polar surface area (TPSA) is 52.6 Å². The number of carbonyl (C=O) groups excluding carboxylic acids is 1. The van der Waals surface area contributed by atoms with Crippen LogP contribution in [0.4, 0.5) is 0 Å². The Kier molecular flexibility index (Phi) is 6.17. The number of carbonyl (C=O) groups is 1. The van der Waals surface area contributed by atoms with Crippen LogP contribution in [0.15, 0.2) is 30.3 Å². The molecule has 4 nitrogen and oxygen atoms in total. The second kappa shape index (κ2) is 7.41. The van der Waals surface area contributed by atoms with Crippen molar-refractivity contribution in [2.45, 2.75) is 45.8 Å². The standard InChI is InChI=1S/C16H26N2O2/c1-13(15(20)17-16(2,3)4)18(10-11-19)12-14-8-6-5-7-9-14/h5-9,13,19H,10-12H2,1-4H3,(H,17,20). The largest absolute Gasteiger partial charge is 0.395 e. The molecule has 1 unspecified atom stereocenters. The molecule has 2 N–H and O–H groups in total. The lowest BCUT2D eigenvalue weighted by Gasteiger charge is -2.30. The summed E-state index contributed by atoms with van der Waals surface area (Å²) >= 11 is 0. The summed E-state index contributed by atoms with van der Waals surface area (Å²) in [5.41, 5.74) is 0.888. The zero-order chi connectivity index (χ0) is 15.2. The van der Waals surface area contributed by atoms with Gasteiger partial charge in [-0.15, -0.1) is 0 Å². The zero-order valence-electron chi connectivity index (χ0n) is 12.9. The van der Waals surface area contributed by atoms with Crippen LogP contribution in [0.5, 0.6) is 0 Å². The van der Waals surface area contributed by atoms with Crippen molar-refractivity contribution < 1.29 is 9.90 Å². The number of hydrogen-bond donors (Lipinski definition) is 2. The molecule has 0 heterocycles. The van der Waals surface area contributed by atoms with Crippen LogP contribution >= 0.6 is 0 Å². The van der Waals surface area contributed by atoms with Crippen molar-refractivity contribution in [3.05, 3.63) is 35.9 Å². The van der Waals surface area contributed by atoms with Gasteiger partial charge in [0, 0.05) is 18.6 Å². The molecule has 0 spiro atoms. The Morgan fingerprint density at radius 2 is 1.90 bits per heavy atom. The Bertz CT molecular complexity index is 412. The second-order valence-electron chi connectivity index (χ2n) is 6.09. The average Bonchev–Trinajstić information content (AvgIpc) is 2.36. The third-order valence-electron chi connectivity index (χ3n) is 3.04. The molecule has 0 saturated heterocycles. The lowest BCUT2D eigenvalue weighted by Crippen LogP contribution is -2.51. The molecule has 0 fully saturated rings. The molecule has 1 aromatic rings. The number of nitrogens with zero attached hydrogens (tertiary/aromatic N) is 1. The van der Waals surface area contributed by atoms with Crippen LogP contribution in [0.3, 0.4) is 0 Å². The molecule has 4 heteroatoms. The fourth-order valence-corrected chi connectivity index (χ4v) is 2.00. The molecule has 0 saturated carbocycles. The summed E-state index contributed by atoms with van der Waals surface area (Å²) in [5, 5.41) is 12.2. The SMILES string of the molecule is CC(C(=O)NC(C)(C)C)N(CCO)Cc1ccccc1. The summed E-state index contributed by atoms with van der Waals surface area (Å²) in [5.74, 6) is -0.0121. The van der Waals surface area contributed by atoms with Crippen molar-refractivity contribution in [1.82, 2.24) is 10.2 Å². The summed E-state index contributed by atoms with van der Waals surface area (Å²) in [6.07, 6.45) is 0. The van der Waals surface area contributed by atoms with Crippen molar-refractivity contribution in [2.75, 3.05) is 13.2 Å². The van der Waals surface area contributed by atoms with Gasteiger partial charge in [-0.25, -0.2) is 0 Å². The van der Waals surface area contributed by atoms with E-state index >= 15 is 0 Å². The Balaban J connectivity index is 2.72. The van der Waals surface area contributed by atoms with Gasteiger partial charge in [0.05, 0.1) is 12.6 Å². The van der Waals surface area contributed by atoms with Gasteiger partial charge >= 0.3 is 0 Å². The number of nitrogens with one attached hydrogen (secondary N) is 1. The Morgan fingerprint density at radius 1 is 1.30 bits per heavy atom. The molecule has 1 aromatic carbocycles. The maximum Gasteiger partial charge on any atom is 0.237 e. The van der Waals surface area contributed by atoms with Gasteiger partial charge in [-0.05, 0) is 33.3 Å². The van der Waals surface area contributed by atoms with Gasteiger partial charge in [0.1, 0.15) is 0 Å². The van der Waals surface area contributed by atoms with E-state index < -0.39 is 0 Å². The van der Waals surface area contributed by atoms with Crippen LogP contribution in [0.2, 0.25) is 0 Å². The van der Waals surface area contributed by atoms with E-state index in [0.29, 0.717) is 13.1 Å². The molecule has 0 aliphatic rings. The fraction of sp³-hybridized carbons (Fsp3) is 0.562. The first-order chi connectivity index (χ1) is 9.33. The maximum absolute atomic E-state index is 12.2. The lowest BCUT2D eigenvalue weighted by atomic mass is 10.1.